The van der Waals surface area contributed by atoms with E-state index < -0.39 is 5.97 Å². The summed E-state index contributed by atoms with van der Waals surface area (Å²) in [7, 11) is 2.08. The van der Waals surface area contributed by atoms with Crippen LogP contribution in [0.25, 0.3) is 0 Å². The van der Waals surface area contributed by atoms with Gasteiger partial charge in [0.05, 0.1) is 5.56 Å². The zero-order valence-corrected chi connectivity index (χ0v) is 12.4. The van der Waals surface area contributed by atoms with Crippen molar-refractivity contribution in [3.8, 4) is 0 Å². The summed E-state index contributed by atoms with van der Waals surface area (Å²) in [5.74, 6) is -0.879. The van der Waals surface area contributed by atoms with Crippen LogP contribution < -0.4 is 0 Å². The highest BCUT2D eigenvalue weighted by Gasteiger charge is 2.07. The van der Waals surface area contributed by atoms with Crippen molar-refractivity contribution in [2.75, 3.05) is 13.6 Å². The largest absolute Gasteiger partial charge is 0.478 e. The molecule has 110 valence electrons. The molecule has 0 spiro atoms. The van der Waals surface area contributed by atoms with Gasteiger partial charge in [-0.3, -0.25) is 4.98 Å². The lowest BCUT2D eigenvalue weighted by Gasteiger charge is -2.18. The summed E-state index contributed by atoms with van der Waals surface area (Å²) >= 11 is 0. The van der Waals surface area contributed by atoms with E-state index in [1.54, 1.807) is 12.1 Å². The maximum atomic E-state index is 10.9. The second-order valence-electron chi connectivity index (χ2n) is 5.29. The van der Waals surface area contributed by atoms with E-state index in [4.69, 9.17) is 5.11 Å². The van der Waals surface area contributed by atoms with Gasteiger partial charge >= 0.3 is 5.97 Å². The molecule has 0 aliphatic heterocycles. The number of aryl methyl sites for hydroxylation is 1. The Morgan fingerprint density at radius 1 is 1.24 bits per heavy atom. The maximum Gasteiger partial charge on any atom is 0.335 e. The van der Waals surface area contributed by atoms with E-state index in [1.807, 2.05) is 37.5 Å². The van der Waals surface area contributed by atoms with Gasteiger partial charge in [-0.15, -0.1) is 0 Å². The fraction of sp³-hybridized carbons (Fsp3) is 0.294. The van der Waals surface area contributed by atoms with Crippen molar-refractivity contribution in [1.82, 2.24) is 9.88 Å². The molecule has 0 unspecified atom stereocenters. The number of carbonyl (C=O) groups is 1. The van der Waals surface area contributed by atoms with Gasteiger partial charge in [0.1, 0.15) is 0 Å². The van der Waals surface area contributed by atoms with Gasteiger partial charge in [-0.2, -0.15) is 0 Å². The first kappa shape index (κ1) is 15.2. The molecular formula is C17H20N2O2. The Morgan fingerprint density at radius 2 is 1.95 bits per heavy atom. The minimum atomic E-state index is -0.879. The molecule has 2 rings (SSSR count). The van der Waals surface area contributed by atoms with Crippen molar-refractivity contribution < 1.29 is 9.90 Å². The Hall–Kier alpha value is -2.20. The second kappa shape index (κ2) is 6.99. The number of benzene rings is 1. The Morgan fingerprint density at radius 3 is 2.57 bits per heavy atom. The third kappa shape index (κ3) is 4.39. The fourth-order valence-corrected chi connectivity index (χ4v) is 2.25. The molecule has 21 heavy (non-hydrogen) atoms. The van der Waals surface area contributed by atoms with Crippen LogP contribution >= 0.6 is 0 Å². The second-order valence-corrected chi connectivity index (χ2v) is 5.29. The van der Waals surface area contributed by atoms with Crippen molar-refractivity contribution in [3.05, 3.63) is 65.0 Å². The highest BCUT2D eigenvalue weighted by atomic mass is 16.4. The first-order chi connectivity index (χ1) is 10.1. The Kier molecular flexibility index (Phi) is 5.06. The summed E-state index contributed by atoms with van der Waals surface area (Å²) in [6.07, 6.45) is 4.60. The molecule has 0 radical (unpaired) electrons. The van der Waals surface area contributed by atoms with Crippen molar-refractivity contribution in [1.29, 1.82) is 0 Å². The summed E-state index contributed by atoms with van der Waals surface area (Å²) in [5, 5.41) is 8.98. The SMILES string of the molecule is Cc1cc(C(=O)O)ccc1CN(C)CCc1ccncc1. The maximum absolute atomic E-state index is 10.9. The predicted octanol–water partition coefficient (Wildman–Crippen LogP) is 2.76. The molecule has 0 saturated heterocycles. The van der Waals surface area contributed by atoms with Gasteiger partial charge < -0.3 is 10.0 Å². The van der Waals surface area contributed by atoms with E-state index in [0.717, 1.165) is 30.6 Å². The minimum absolute atomic E-state index is 0.343. The van der Waals surface area contributed by atoms with Crippen LogP contribution in [-0.2, 0) is 13.0 Å². The lowest BCUT2D eigenvalue weighted by molar-refractivity contribution is 0.0696. The number of hydrogen-bond donors (Lipinski definition) is 1. The van der Waals surface area contributed by atoms with Crippen LogP contribution in [0.1, 0.15) is 27.0 Å². The van der Waals surface area contributed by atoms with Crippen LogP contribution in [-0.4, -0.2) is 34.6 Å². The van der Waals surface area contributed by atoms with Gasteiger partial charge in [0.15, 0.2) is 0 Å². The lowest BCUT2D eigenvalue weighted by Crippen LogP contribution is -2.21. The Labute approximate surface area is 125 Å². The predicted molar refractivity (Wildman–Crippen MR) is 82.4 cm³/mol. The monoisotopic (exact) mass is 284 g/mol. The van der Waals surface area contributed by atoms with Crippen molar-refractivity contribution in [3.63, 3.8) is 0 Å². The number of aromatic carboxylic acids is 1. The molecule has 1 heterocycles. The van der Waals surface area contributed by atoms with Gasteiger partial charge in [0.2, 0.25) is 0 Å². The molecule has 2 aromatic rings. The number of likely N-dealkylation sites (N-methyl/N-ethyl adjacent to an activating group) is 1. The Bertz CT molecular complexity index is 611. The minimum Gasteiger partial charge on any atom is -0.478 e. The standard InChI is InChI=1S/C17H20N2O2/c1-13-11-15(17(20)21)3-4-16(13)12-19(2)10-7-14-5-8-18-9-6-14/h3-6,8-9,11H,7,10,12H2,1-2H3,(H,20,21). The van der Waals surface area contributed by atoms with Gasteiger partial charge in [0, 0.05) is 25.5 Å². The fourth-order valence-electron chi connectivity index (χ4n) is 2.25. The molecule has 0 aliphatic rings. The molecule has 0 atom stereocenters. The molecule has 1 aromatic carbocycles. The normalized spacial score (nSPS) is 10.8. The number of aromatic nitrogens is 1. The van der Waals surface area contributed by atoms with E-state index in [0.29, 0.717) is 5.56 Å². The molecule has 0 fully saturated rings. The van der Waals surface area contributed by atoms with Gasteiger partial charge in [-0.05, 0) is 61.3 Å². The number of hydrogen-bond acceptors (Lipinski definition) is 3. The summed E-state index contributed by atoms with van der Waals surface area (Å²) in [6.45, 7) is 3.72. The summed E-state index contributed by atoms with van der Waals surface area (Å²) < 4.78 is 0. The molecule has 0 bridgehead atoms. The third-order valence-corrected chi connectivity index (χ3v) is 3.56. The number of rotatable bonds is 6. The number of pyridine rings is 1. The molecule has 0 aliphatic carbocycles. The summed E-state index contributed by atoms with van der Waals surface area (Å²) in [4.78, 5) is 17.2. The Balaban J connectivity index is 1.93. The number of carboxylic acid groups (broad SMARTS) is 1. The van der Waals surface area contributed by atoms with E-state index in [-0.39, 0.29) is 0 Å². The zero-order valence-electron chi connectivity index (χ0n) is 12.4. The summed E-state index contributed by atoms with van der Waals surface area (Å²) in [5.41, 5.74) is 3.80. The molecule has 1 N–H and O–H groups in total. The highest BCUT2D eigenvalue weighted by Crippen LogP contribution is 2.13. The molecule has 4 heteroatoms. The highest BCUT2D eigenvalue weighted by molar-refractivity contribution is 5.87. The van der Waals surface area contributed by atoms with Crippen molar-refractivity contribution in [2.45, 2.75) is 19.9 Å². The van der Waals surface area contributed by atoms with Gasteiger partial charge in [-0.25, -0.2) is 4.79 Å². The average Bonchev–Trinajstić information content (AvgIpc) is 2.48. The van der Waals surface area contributed by atoms with Crippen LogP contribution in [0.15, 0.2) is 42.7 Å². The first-order valence-corrected chi connectivity index (χ1v) is 6.96. The van der Waals surface area contributed by atoms with Crippen molar-refractivity contribution in [2.24, 2.45) is 0 Å². The van der Waals surface area contributed by atoms with E-state index in [1.165, 1.54) is 5.56 Å². The number of nitrogens with zero attached hydrogens (tertiary/aromatic N) is 2. The first-order valence-electron chi connectivity index (χ1n) is 6.96. The van der Waals surface area contributed by atoms with Crippen LogP contribution in [0.3, 0.4) is 0 Å². The molecule has 0 saturated carbocycles. The van der Waals surface area contributed by atoms with Gasteiger partial charge in [0.25, 0.3) is 0 Å². The van der Waals surface area contributed by atoms with E-state index >= 15 is 0 Å². The molecule has 0 amide bonds. The van der Waals surface area contributed by atoms with E-state index in [9.17, 15) is 4.79 Å². The smallest absolute Gasteiger partial charge is 0.335 e. The quantitative estimate of drug-likeness (QED) is 0.886. The zero-order chi connectivity index (χ0) is 15.2. The summed E-state index contributed by atoms with van der Waals surface area (Å²) in [6, 6.07) is 9.36. The average molecular weight is 284 g/mol. The van der Waals surface area contributed by atoms with E-state index in [2.05, 4.69) is 16.9 Å². The topological polar surface area (TPSA) is 53.4 Å². The van der Waals surface area contributed by atoms with Crippen LogP contribution in [0.5, 0.6) is 0 Å². The van der Waals surface area contributed by atoms with Gasteiger partial charge in [-0.1, -0.05) is 6.07 Å². The lowest BCUT2D eigenvalue weighted by atomic mass is 10.0. The van der Waals surface area contributed by atoms with Crippen LogP contribution in [0.4, 0.5) is 0 Å². The molecule has 1 aromatic heterocycles. The molecule has 4 nitrogen and oxygen atoms in total. The third-order valence-electron chi connectivity index (χ3n) is 3.56. The van der Waals surface area contributed by atoms with Crippen LogP contribution in [0.2, 0.25) is 0 Å². The van der Waals surface area contributed by atoms with Crippen LogP contribution in [0, 0.1) is 6.92 Å². The molecular weight excluding hydrogens is 264 g/mol. The van der Waals surface area contributed by atoms with Crippen molar-refractivity contribution >= 4 is 5.97 Å². The number of carboxylic acids is 1.